The van der Waals surface area contributed by atoms with Crippen LogP contribution in [0.3, 0.4) is 0 Å². The van der Waals surface area contributed by atoms with E-state index in [0.29, 0.717) is 0 Å². The van der Waals surface area contributed by atoms with Gasteiger partial charge in [0.15, 0.2) is 0 Å². The van der Waals surface area contributed by atoms with Crippen LogP contribution in [0.25, 0.3) is 0 Å². The lowest BCUT2D eigenvalue weighted by atomic mass is 10.1. The zero-order valence-electron chi connectivity index (χ0n) is 9.54. The first-order valence-corrected chi connectivity index (χ1v) is 5.77. The van der Waals surface area contributed by atoms with Crippen molar-refractivity contribution >= 4 is 23.2 Å². The Morgan fingerprint density at radius 2 is 2.11 bits per heavy atom. The molecule has 1 saturated heterocycles. The van der Waals surface area contributed by atoms with Crippen LogP contribution in [-0.2, 0) is 11.0 Å². The zero-order valence-corrected chi connectivity index (χ0v) is 10.3. The molecule has 1 atom stereocenters. The Labute approximate surface area is 112 Å². The van der Waals surface area contributed by atoms with Gasteiger partial charge in [-0.3, -0.25) is 4.79 Å². The van der Waals surface area contributed by atoms with Gasteiger partial charge in [-0.25, -0.2) is 0 Å². The lowest BCUT2D eigenvalue weighted by molar-refractivity contribution is -0.137. The summed E-state index contributed by atoms with van der Waals surface area (Å²) in [5.41, 5.74) is -0.876. The lowest BCUT2D eigenvalue weighted by Gasteiger charge is -2.19. The number of anilines is 1. The monoisotopic (exact) mass is 288 g/mol. The van der Waals surface area contributed by atoms with Crippen LogP contribution >= 0.6 is 11.6 Å². The Hall–Kier alpha value is -1.74. The van der Waals surface area contributed by atoms with E-state index in [2.05, 4.69) is 0 Å². The highest BCUT2D eigenvalue weighted by Crippen LogP contribution is 2.37. The van der Waals surface area contributed by atoms with Crippen LogP contribution in [0.5, 0.6) is 0 Å². The van der Waals surface area contributed by atoms with Crippen molar-refractivity contribution in [3.8, 4) is 6.07 Å². The molecule has 0 radical (unpaired) electrons. The molecule has 1 aromatic rings. The summed E-state index contributed by atoms with van der Waals surface area (Å²) in [6.07, 6.45) is -4.50. The minimum atomic E-state index is -4.50. The number of benzene rings is 1. The quantitative estimate of drug-likeness (QED) is 0.796. The number of rotatable bonds is 1. The highest BCUT2D eigenvalue weighted by Gasteiger charge is 2.35. The summed E-state index contributed by atoms with van der Waals surface area (Å²) in [6.45, 7) is 0.0658. The summed E-state index contributed by atoms with van der Waals surface area (Å²) in [4.78, 5) is 12.8. The Bertz CT molecular complexity index is 565. The van der Waals surface area contributed by atoms with Gasteiger partial charge in [-0.2, -0.15) is 18.4 Å². The Balaban J connectivity index is 2.40. The van der Waals surface area contributed by atoms with Crippen molar-refractivity contribution < 1.29 is 18.0 Å². The van der Waals surface area contributed by atoms with Gasteiger partial charge in [0.2, 0.25) is 5.91 Å². The SMILES string of the molecule is N#CC1CC(=O)N(c2cc(C(F)(F)F)ccc2Cl)C1. The maximum Gasteiger partial charge on any atom is 0.416 e. The van der Waals surface area contributed by atoms with E-state index < -0.39 is 23.6 Å². The van der Waals surface area contributed by atoms with Crippen LogP contribution in [0.1, 0.15) is 12.0 Å². The number of carbonyl (C=O) groups excluding carboxylic acids is 1. The smallest absolute Gasteiger partial charge is 0.310 e. The second kappa shape index (κ2) is 4.74. The molecule has 0 N–H and O–H groups in total. The third-order valence-electron chi connectivity index (χ3n) is 2.87. The molecular formula is C12H8ClF3N2O. The molecule has 0 spiro atoms. The average Bonchev–Trinajstić information content (AvgIpc) is 2.69. The fourth-order valence-electron chi connectivity index (χ4n) is 1.92. The minimum Gasteiger partial charge on any atom is -0.310 e. The van der Waals surface area contributed by atoms with E-state index in [1.165, 1.54) is 0 Å². The minimum absolute atomic E-state index is 0.000702. The summed E-state index contributed by atoms with van der Waals surface area (Å²) in [6, 6.07) is 4.72. The third-order valence-corrected chi connectivity index (χ3v) is 3.19. The van der Waals surface area contributed by atoms with Gasteiger partial charge in [-0.1, -0.05) is 11.6 Å². The van der Waals surface area contributed by atoms with Crippen LogP contribution in [-0.4, -0.2) is 12.5 Å². The molecule has 3 nitrogen and oxygen atoms in total. The van der Waals surface area contributed by atoms with Crippen molar-refractivity contribution in [2.75, 3.05) is 11.4 Å². The molecule has 2 rings (SSSR count). The molecule has 1 heterocycles. The Morgan fingerprint density at radius 3 is 2.63 bits per heavy atom. The van der Waals surface area contributed by atoms with Gasteiger partial charge in [-0.05, 0) is 18.2 Å². The van der Waals surface area contributed by atoms with Crippen molar-refractivity contribution in [3.05, 3.63) is 28.8 Å². The molecule has 0 aliphatic carbocycles. The molecule has 1 amide bonds. The molecule has 1 fully saturated rings. The van der Waals surface area contributed by atoms with E-state index in [0.717, 1.165) is 23.1 Å². The van der Waals surface area contributed by atoms with Gasteiger partial charge in [0, 0.05) is 13.0 Å². The number of nitriles is 1. The highest BCUT2D eigenvalue weighted by molar-refractivity contribution is 6.33. The molecule has 1 unspecified atom stereocenters. The number of alkyl halides is 3. The molecule has 0 bridgehead atoms. The predicted octanol–water partition coefficient (Wildman–Crippen LogP) is 3.24. The van der Waals surface area contributed by atoms with Crippen LogP contribution in [0, 0.1) is 17.2 Å². The van der Waals surface area contributed by atoms with Crippen molar-refractivity contribution in [2.45, 2.75) is 12.6 Å². The lowest BCUT2D eigenvalue weighted by Crippen LogP contribution is -2.25. The van der Waals surface area contributed by atoms with Gasteiger partial charge in [0.25, 0.3) is 0 Å². The van der Waals surface area contributed by atoms with E-state index in [1.54, 1.807) is 0 Å². The molecule has 7 heteroatoms. The molecule has 19 heavy (non-hydrogen) atoms. The number of halogens is 4. The van der Waals surface area contributed by atoms with Gasteiger partial charge in [-0.15, -0.1) is 0 Å². The topological polar surface area (TPSA) is 44.1 Å². The normalized spacial score (nSPS) is 19.6. The number of nitrogens with zero attached hydrogens (tertiary/aromatic N) is 2. The number of amides is 1. The van der Waals surface area contributed by atoms with Crippen LogP contribution in [0.15, 0.2) is 18.2 Å². The molecule has 0 saturated carbocycles. The summed E-state index contributed by atoms with van der Waals surface area (Å²) in [7, 11) is 0. The van der Waals surface area contributed by atoms with Gasteiger partial charge < -0.3 is 4.90 Å². The molecule has 0 aromatic heterocycles. The third kappa shape index (κ3) is 2.66. The largest absolute Gasteiger partial charge is 0.416 e. The molecule has 100 valence electrons. The van der Waals surface area contributed by atoms with Gasteiger partial charge in [0.1, 0.15) is 0 Å². The average molecular weight is 289 g/mol. The molecule has 1 aromatic carbocycles. The van der Waals surface area contributed by atoms with Crippen LogP contribution in [0.4, 0.5) is 18.9 Å². The molecular weight excluding hydrogens is 281 g/mol. The van der Waals surface area contributed by atoms with Crippen molar-refractivity contribution in [2.24, 2.45) is 5.92 Å². The van der Waals surface area contributed by atoms with E-state index in [1.807, 2.05) is 6.07 Å². The van der Waals surface area contributed by atoms with Gasteiger partial charge in [0.05, 0.1) is 28.3 Å². The standard InChI is InChI=1S/C12H8ClF3N2O/c13-9-2-1-8(12(14,15)16)4-10(9)18-6-7(5-17)3-11(18)19/h1-2,4,7H,3,6H2. The van der Waals surface area contributed by atoms with Crippen LogP contribution < -0.4 is 4.90 Å². The summed E-state index contributed by atoms with van der Waals surface area (Å²) in [5, 5.41) is 8.82. The fraction of sp³-hybridized carbons (Fsp3) is 0.333. The van der Waals surface area contributed by atoms with E-state index >= 15 is 0 Å². The number of hydrogen-bond donors (Lipinski definition) is 0. The zero-order chi connectivity index (χ0) is 14.2. The first-order valence-electron chi connectivity index (χ1n) is 5.39. The van der Waals surface area contributed by atoms with Crippen LogP contribution in [0.2, 0.25) is 5.02 Å². The Morgan fingerprint density at radius 1 is 1.42 bits per heavy atom. The summed E-state index contributed by atoms with van der Waals surface area (Å²) < 4.78 is 37.9. The number of hydrogen-bond acceptors (Lipinski definition) is 2. The maximum atomic E-state index is 12.6. The highest BCUT2D eigenvalue weighted by atomic mass is 35.5. The fourth-order valence-corrected chi connectivity index (χ4v) is 2.14. The van der Waals surface area contributed by atoms with E-state index in [9.17, 15) is 18.0 Å². The first kappa shape index (κ1) is 13.7. The van der Waals surface area contributed by atoms with Crippen molar-refractivity contribution in [1.29, 1.82) is 5.26 Å². The van der Waals surface area contributed by atoms with Crippen molar-refractivity contribution in [1.82, 2.24) is 0 Å². The maximum absolute atomic E-state index is 12.6. The summed E-state index contributed by atoms with van der Waals surface area (Å²) >= 11 is 5.84. The molecule has 1 aliphatic rings. The van der Waals surface area contributed by atoms with E-state index in [-0.39, 0.29) is 23.7 Å². The van der Waals surface area contributed by atoms with Crippen molar-refractivity contribution in [3.63, 3.8) is 0 Å². The second-order valence-electron chi connectivity index (χ2n) is 4.20. The Kier molecular flexibility index (Phi) is 3.42. The van der Waals surface area contributed by atoms with Gasteiger partial charge >= 0.3 is 6.18 Å². The summed E-state index contributed by atoms with van der Waals surface area (Å²) in [5.74, 6) is -0.911. The predicted molar refractivity (Wildman–Crippen MR) is 62.5 cm³/mol. The van der Waals surface area contributed by atoms with E-state index in [4.69, 9.17) is 16.9 Å². The second-order valence-corrected chi connectivity index (χ2v) is 4.61. The number of carbonyl (C=O) groups is 1. The molecule has 1 aliphatic heterocycles. The first-order chi connectivity index (χ1) is 8.82.